The van der Waals surface area contributed by atoms with Gasteiger partial charge in [0, 0.05) is 25.5 Å². The number of aliphatic hydroxyl groups is 1. The highest BCUT2D eigenvalue weighted by Crippen LogP contribution is 2.14. The van der Waals surface area contributed by atoms with Gasteiger partial charge in [-0.1, -0.05) is 84.0 Å². The van der Waals surface area contributed by atoms with E-state index in [9.17, 15) is 14.7 Å². The predicted octanol–water partition coefficient (Wildman–Crippen LogP) is 4.72. The normalized spacial score (nSPS) is 12.3. The number of carbonyl (C=O) groups is 1. The van der Waals surface area contributed by atoms with Crippen LogP contribution in [0.25, 0.3) is 11.2 Å². The molecule has 35 heavy (non-hydrogen) atoms. The van der Waals surface area contributed by atoms with Crippen molar-refractivity contribution in [2.24, 2.45) is 5.92 Å². The molecule has 2 heterocycles. The summed E-state index contributed by atoms with van der Waals surface area (Å²) >= 11 is 0. The average Bonchev–Trinajstić information content (AvgIpc) is 3.31. The standard InChI is InChI=1S/C26H45N5O4/c1-2-3-4-5-6-7-8-9-10-11-12-13-14-15-22(33)35-19-21(16-17-32)18-31-25(34)23-24(29-20-28-23)30-26(31)27/h20-21,32H,2-19H2,1H3,(H2,27,30)(H,28,29). The Bertz CT molecular complexity index is 911. The Labute approximate surface area is 208 Å². The van der Waals surface area contributed by atoms with Crippen LogP contribution < -0.4 is 11.3 Å². The number of hydrogen-bond donors (Lipinski definition) is 3. The Morgan fingerprint density at radius 3 is 2.26 bits per heavy atom. The number of nitrogens with zero attached hydrogens (tertiary/aromatic N) is 3. The van der Waals surface area contributed by atoms with Crippen LogP contribution in [0.2, 0.25) is 0 Å². The number of aliphatic hydroxyl groups excluding tert-OH is 1. The molecule has 0 amide bonds. The van der Waals surface area contributed by atoms with Gasteiger partial charge in [-0.05, 0) is 12.8 Å². The molecule has 9 nitrogen and oxygen atoms in total. The van der Waals surface area contributed by atoms with Crippen LogP contribution in [0.3, 0.4) is 0 Å². The second kappa shape index (κ2) is 17.1. The number of nitrogens with one attached hydrogen (secondary N) is 1. The quantitative estimate of drug-likeness (QED) is 0.180. The summed E-state index contributed by atoms with van der Waals surface area (Å²) in [4.78, 5) is 35.7. The van der Waals surface area contributed by atoms with Crippen molar-refractivity contribution in [3.8, 4) is 0 Å². The highest BCUT2D eigenvalue weighted by Gasteiger charge is 2.17. The zero-order valence-electron chi connectivity index (χ0n) is 21.5. The molecule has 4 N–H and O–H groups in total. The summed E-state index contributed by atoms with van der Waals surface area (Å²) in [6.45, 7) is 2.52. The number of fused-ring (bicyclic) bond motifs is 1. The number of aromatic nitrogens is 4. The molecule has 0 aromatic carbocycles. The number of nitrogen functional groups attached to an aromatic ring is 1. The summed E-state index contributed by atoms with van der Waals surface area (Å²) in [5, 5.41) is 9.40. The molecule has 0 spiro atoms. The zero-order valence-corrected chi connectivity index (χ0v) is 21.5. The number of unbranched alkanes of at least 4 members (excludes halogenated alkanes) is 12. The van der Waals surface area contributed by atoms with E-state index in [0.29, 0.717) is 12.8 Å². The summed E-state index contributed by atoms with van der Waals surface area (Å²) in [7, 11) is 0. The van der Waals surface area contributed by atoms with Crippen molar-refractivity contribution in [3.05, 3.63) is 16.7 Å². The monoisotopic (exact) mass is 491 g/mol. The minimum Gasteiger partial charge on any atom is -0.465 e. The summed E-state index contributed by atoms with van der Waals surface area (Å²) < 4.78 is 6.78. The van der Waals surface area contributed by atoms with E-state index in [4.69, 9.17) is 10.5 Å². The van der Waals surface area contributed by atoms with Gasteiger partial charge in [-0.15, -0.1) is 0 Å². The van der Waals surface area contributed by atoms with Gasteiger partial charge in [0.1, 0.15) is 0 Å². The third-order valence-corrected chi connectivity index (χ3v) is 6.52. The Morgan fingerprint density at radius 2 is 1.66 bits per heavy atom. The molecular weight excluding hydrogens is 446 g/mol. The van der Waals surface area contributed by atoms with Crippen molar-refractivity contribution in [2.45, 2.75) is 110 Å². The van der Waals surface area contributed by atoms with Gasteiger partial charge >= 0.3 is 5.97 Å². The smallest absolute Gasteiger partial charge is 0.305 e. The van der Waals surface area contributed by atoms with Gasteiger partial charge in [-0.2, -0.15) is 4.98 Å². The number of H-pyrrole nitrogens is 1. The van der Waals surface area contributed by atoms with Crippen molar-refractivity contribution < 1.29 is 14.6 Å². The molecule has 0 aliphatic rings. The predicted molar refractivity (Wildman–Crippen MR) is 139 cm³/mol. The summed E-state index contributed by atoms with van der Waals surface area (Å²) in [6, 6.07) is 0. The number of ether oxygens (including phenoxy) is 1. The number of anilines is 1. The molecule has 0 fully saturated rings. The Morgan fingerprint density at radius 1 is 1.06 bits per heavy atom. The minimum absolute atomic E-state index is 0.0517. The maximum atomic E-state index is 12.6. The van der Waals surface area contributed by atoms with E-state index in [1.54, 1.807) is 0 Å². The van der Waals surface area contributed by atoms with E-state index in [0.717, 1.165) is 19.3 Å². The fourth-order valence-corrected chi connectivity index (χ4v) is 4.35. The van der Waals surface area contributed by atoms with Crippen LogP contribution in [0.5, 0.6) is 0 Å². The third kappa shape index (κ3) is 10.8. The number of hydrogen-bond acceptors (Lipinski definition) is 7. The number of carbonyl (C=O) groups excluding carboxylic acids is 1. The number of rotatable bonds is 20. The van der Waals surface area contributed by atoms with Crippen LogP contribution in [-0.4, -0.2) is 43.8 Å². The molecule has 9 heteroatoms. The lowest BCUT2D eigenvalue weighted by Gasteiger charge is -2.18. The average molecular weight is 492 g/mol. The molecule has 0 radical (unpaired) electrons. The van der Waals surface area contributed by atoms with Gasteiger partial charge in [0.2, 0.25) is 5.95 Å². The Hall–Kier alpha value is -2.42. The maximum Gasteiger partial charge on any atom is 0.305 e. The van der Waals surface area contributed by atoms with Crippen LogP contribution in [0, 0.1) is 5.92 Å². The van der Waals surface area contributed by atoms with Crippen LogP contribution in [0.4, 0.5) is 5.95 Å². The third-order valence-electron chi connectivity index (χ3n) is 6.52. The largest absolute Gasteiger partial charge is 0.465 e. The zero-order chi connectivity index (χ0) is 25.3. The van der Waals surface area contributed by atoms with Gasteiger partial charge in [-0.25, -0.2) is 4.98 Å². The molecule has 0 bridgehead atoms. The summed E-state index contributed by atoms with van der Waals surface area (Å²) in [5.41, 5.74) is 6.16. The molecule has 2 aromatic rings. The van der Waals surface area contributed by atoms with Gasteiger partial charge < -0.3 is 20.6 Å². The molecule has 0 aliphatic heterocycles. The van der Waals surface area contributed by atoms with Crippen molar-refractivity contribution in [1.82, 2.24) is 19.5 Å². The molecule has 0 saturated heterocycles. The molecule has 2 aromatic heterocycles. The van der Waals surface area contributed by atoms with Crippen LogP contribution >= 0.6 is 0 Å². The Balaban J connectivity index is 1.58. The lowest BCUT2D eigenvalue weighted by molar-refractivity contribution is -0.145. The summed E-state index contributed by atoms with van der Waals surface area (Å²) in [5.74, 6) is -0.424. The highest BCUT2D eigenvalue weighted by atomic mass is 16.5. The highest BCUT2D eigenvalue weighted by molar-refractivity contribution is 5.70. The molecule has 1 unspecified atom stereocenters. The number of nitrogens with two attached hydrogens (primary N) is 1. The maximum absolute atomic E-state index is 12.6. The van der Waals surface area contributed by atoms with Crippen molar-refractivity contribution in [1.29, 1.82) is 0 Å². The van der Waals surface area contributed by atoms with Gasteiger partial charge in [0.25, 0.3) is 5.56 Å². The second-order valence-electron chi connectivity index (χ2n) is 9.54. The van der Waals surface area contributed by atoms with Crippen LogP contribution in [0.1, 0.15) is 103 Å². The van der Waals surface area contributed by atoms with Crippen molar-refractivity contribution >= 4 is 23.1 Å². The number of imidazole rings is 1. The van der Waals surface area contributed by atoms with Gasteiger partial charge in [-0.3, -0.25) is 14.2 Å². The van der Waals surface area contributed by atoms with E-state index in [2.05, 4.69) is 21.9 Å². The van der Waals surface area contributed by atoms with E-state index in [1.807, 2.05) is 0 Å². The topological polar surface area (TPSA) is 136 Å². The fourth-order valence-electron chi connectivity index (χ4n) is 4.35. The molecule has 2 rings (SSSR count). The first-order valence-electron chi connectivity index (χ1n) is 13.5. The summed E-state index contributed by atoms with van der Waals surface area (Å²) in [6.07, 6.45) is 18.6. The SMILES string of the molecule is CCCCCCCCCCCCCCCC(=O)OCC(CCO)Cn1c(N)nc2nc[nH]c2c1=O. The molecule has 0 aliphatic carbocycles. The molecular formula is C26H45N5O4. The van der Waals surface area contributed by atoms with Crippen LogP contribution in [-0.2, 0) is 16.1 Å². The Kier molecular flexibility index (Phi) is 14.1. The molecule has 0 saturated carbocycles. The van der Waals surface area contributed by atoms with Gasteiger partial charge in [0.05, 0.1) is 12.9 Å². The second-order valence-corrected chi connectivity index (χ2v) is 9.54. The molecule has 1 atom stereocenters. The van der Waals surface area contributed by atoms with Crippen LogP contribution in [0.15, 0.2) is 11.1 Å². The lowest BCUT2D eigenvalue weighted by Crippen LogP contribution is -2.30. The number of aromatic amines is 1. The van der Waals surface area contributed by atoms with E-state index < -0.39 is 0 Å². The van der Waals surface area contributed by atoms with E-state index in [-0.39, 0.29) is 54.3 Å². The van der Waals surface area contributed by atoms with Gasteiger partial charge in [0.15, 0.2) is 11.2 Å². The molecule has 198 valence electrons. The first-order chi connectivity index (χ1) is 17.1. The fraction of sp³-hybridized carbons (Fsp3) is 0.769. The number of esters is 1. The lowest BCUT2D eigenvalue weighted by atomic mass is 10.0. The van der Waals surface area contributed by atoms with Crippen molar-refractivity contribution in [2.75, 3.05) is 18.9 Å². The first kappa shape index (κ1) is 28.8. The minimum atomic E-state index is -0.328. The van der Waals surface area contributed by atoms with E-state index >= 15 is 0 Å². The van der Waals surface area contributed by atoms with E-state index in [1.165, 1.54) is 75.1 Å². The van der Waals surface area contributed by atoms with Crippen molar-refractivity contribution in [3.63, 3.8) is 0 Å². The first-order valence-corrected chi connectivity index (χ1v) is 13.5.